The number of anilines is 1. The van der Waals surface area contributed by atoms with Gasteiger partial charge in [-0.15, -0.1) is 0 Å². The van der Waals surface area contributed by atoms with E-state index in [0.717, 1.165) is 23.4 Å². The lowest BCUT2D eigenvalue weighted by atomic mass is 10.1. The Kier molecular flexibility index (Phi) is 4.14. The monoisotopic (exact) mass is 231 g/mol. The SMILES string of the molecule is CN(C)c1ccc(CNC(C)(C)C)cc1C#N. The third-order valence-electron chi connectivity index (χ3n) is 2.49. The molecule has 0 unspecified atom stereocenters. The highest BCUT2D eigenvalue weighted by Gasteiger charge is 2.10. The molecule has 92 valence electrons. The predicted molar refractivity (Wildman–Crippen MR) is 72.1 cm³/mol. The second-order valence-electron chi connectivity index (χ2n) is 5.46. The summed E-state index contributed by atoms with van der Waals surface area (Å²) in [6.45, 7) is 7.18. The van der Waals surface area contributed by atoms with Gasteiger partial charge >= 0.3 is 0 Å². The molecule has 0 heterocycles. The predicted octanol–water partition coefficient (Wildman–Crippen LogP) is 2.51. The van der Waals surface area contributed by atoms with Crippen LogP contribution in [0, 0.1) is 11.3 Å². The van der Waals surface area contributed by atoms with E-state index in [-0.39, 0.29) is 5.54 Å². The van der Waals surface area contributed by atoms with Crippen molar-refractivity contribution in [2.45, 2.75) is 32.9 Å². The van der Waals surface area contributed by atoms with Crippen molar-refractivity contribution in [2.75, 3.05) is 19.0 Å². The standard InChI is InChI=1S/C14H21N3/c1-14(2,3)16-10-11-6-7-13(17(4)5)12(8-11)9-15/h6-8,16H,10H2,1-5H3. The average molecular weight is 231 g/mol. The third-order valence-corrected chi connectivity index (χ3v) is 2.49. The zero-order valence-electron chi connectivity index (χ0n) is 11.3. The smallest absolute Gasteiger partial charge is 0.101 e. The minimum absolute atomic E-state index is 0.0903. The molecule has 1 rings (SSSR count). The van der Waals surface area contributed by atoms with Crippen molar-refractivity contribution in [1.82, 2.24) is 5.32 Å². The summed E-state index contributed by atoms with van der Waals surface area (Å²) in [4.78, 5) is 1.96. The Bertz CT molecular complexity index is 422. The molecule has 0 amide bonds. The van der Waals surface area contributed by atoms with Gasteiger partial charge in [-0.25, -0.2) is 0 Å². The van der Waals surface area contributed by atoms with Crippen LogP contribution in [0.4, 0.5) is 5.69 Å². The molecule has 3 nitrogen and oxygen atoms in total. The topological polar surface area (TPSA) is 39.1 Å². The van der Waals surface area contributed by atoms with Crippen molar-refractivity contribution in [1.29, 1.82) is 5.26 Å². The molecule has 0 spiro atoms. The summed E-state index contributed by atoms with van der Waals surface area (Å²) in [6, 6.07) is 8.26. The highest BCUT2D eigenvalue weighted by Crippen LogP contribution is 2.19. The van der Waals surface area contributed by atoms with E-state index in [2.05, 4.69) is 38.2 Å². The highest BCUT2D eigenvalue weighted by molar-refractivity contribution is 5.59. The van der Waals surface area contributed by atoms with Crippen LogP contribution in [-0.4, -0.2) is 19.6 Å². The van der Waals surface area contributed by atoms with Crippen LogP contribution in [0.2, 0.25) is 0 Å². The van der Waals surface area contributed by atoms with Gasteiger partial charge in [-0.1, -0.05) is 6.07 Å². The Morgan fingerprint density at radius 1 is 1.29 bits per heavy atom. The lowest BCUT2D eigenvalue weighted by molar-refractivity contribution is 0.424. The second kappa shape index (κ2) is 5.20. The molecule has 0 bridgehead atoms. The number of nitrogens with zero attached hydrogens (tertiary/aromatic N) is 2. The molecule has 0 saturated heterocycles. The summed E-state index contributed by atoms with van der Waals surface area (Å²) in [5.74, 6) is 0. The first-order valence-corrected chi connectivity index (χ1v) is 5.79. The van der Waals surface area contributed by atoms with E-state index in [9.17, 15) is 0 Å². The van der Waals surface area contributed by atoms with Gasteiger partial charge in [0.1, 0.15) is 6.07 Å². The first-order valence-electron chi connectivity index (χ1n) is 5.79. The fourth-order valence-electron chi connectivity index (χ4n) is 1.54. The lowest BCUT2D eigenvalue weighted by Gasteiger charge is -2.21. The van der Waals surface area contributed by atoms with E-state index in [1.807, 2.05) is 31.1 Å². The number of benzene rings is 1. The molecule has 0 aliphatic rings. The Balaban J connectivity index is 2.88. The van der Waals surface area contributed by atoms with E-state index in [0.29, 0.717) is 0 Å². The van der Waals surface area contributed by atoms with Gasteiger partial charge in [0.05, 0.1) is 11.3 Å². The quantitative estimate of drug-likeness (QED) is 0.868. The molecular formula is C14H21N3. The molecule has 1 aromatic carbocycles. The van der Waals surface area contributed by atoms with Crippen LogP contribution < -0.4 is 10.2 Å². The minimum Gasteiger partial charge on any atom is -0.377 e. The highest BCUT2D eigenvalue weighted by atomic mass is 15.1. The lowest BCUT2D eigenvalue weighted by Crippen LogP contribution is -2.35. The van der Waals surface area contributed by atoms with E-state index in [1.54, 1.807) is 0 Å². The van der Waals surface area contributed by atoms with Gasteiger partial charge in [-0.05, 0) is 38.5 Å². The summed E-state index contributed by atoms with van der Waals surface area (Å²) in [5.41, 5.74) is 2.92. The zero-order chi connectivity index (χ0) is 13.1. The molecule has 3 heteroatoms. The molecule has 1 aromatic rings. The van der Waals surface area contributed by atoms with Crippen molar-refractivity contribution in [3.8, 4) is 6.07 Å². The maximum atomic E-state index is 9.12. The van der Waals surface area contributed by atoms with Crippen LogP contribution >= 0.6 is 0 Å². The third kappa shape index (κ3) is 4.08. The summed E-state index contributed by atoms with van der Waals surface area (Å²) >= 11 is 0. The van der Waals surface area contributed by atoms with Gasteiger partial charge in [-0.2, -0.15) is 5.26 Å². The van der Waals surface area contributed by atoms with Crippen LogP contribution in [0.5, 0.6) is 0 Å². The van der Waals surface area contributed by atoms with Gasteiger partial charge < -0.3 is 10.2 Å². The van der Waals surface area contributed by atoms with E-state index in [1.165, 1.54) is 0 Å². The molecule has 0 radical (unpaired) electrons. The van der Waals surface area contributed by atoms with Crippen molar-refractivity contribution < 1.29 is 0 Å². The summed E-state index contributed by atoms with van der Waals surface area (Å²) in [7, 11) is 3.90. The number of nitrogens with one attached hydrogen (secondary N) is 1. The Morgan fingerprint density at radius 2 is 1.94 bits per heavy atom. The Hall–Kier alpha value is -1.53. The van der Waals surface area contributed by atoms with Crippen molar-refractivity contribution in [3.63, 3.8) is 0 Å². The van der Waals surface area contributed by atoms with Crippen LogP contribution in [0.1, 0.15) is 31.9 Å². The van der Waals surface area contributed by atoms with Gasteiger partial charge in [0, 0.05) is 26.2 Å². The number of hydrogen-bond acceptors (Lipinski definition) is 3. The fraction of sp³-hybridized carbons (Fsp3) is 0.500. The van der Waals surface area contributed by atoms with Crippen LogP contribution in [-0.2, 0) is 6.54 Å². The van der Waals surface area contributed by atoms with Crippen molar-refractivity contribution >= 4 is 5.69 Å². The molecule has 0 aromatic heterocycles. The zero-order valence-corrected chi connectivity index (χ0v) is 11.3. The van der Waals surface area contributed by atoms with Gasteiger partial charge in [-0.3, -0.25) is 0 Å². The van der Waals surface area contributed by atoms with Crippen LogP contribution in [0.3, 0.4) is 0 Å². The normalized spacial score (nSPS) is 11.1. The molecule has 0 fully saturated rings. The maximum absolute atomic E-state index is 9.12. The molecule has 0 saturated carbocycles. The first-order chi connectivity index (χ1) is 7.83. The first kappa shape index (κ1) is 13.5. The van der Waals surface area contributed by atoms with Crippen LogP contribution in [0.25, 0.3) is 0 Å². The fourth-order valence-corrected chi connectivity index (χ4v) is 1.54. The molecule has 1 N–H and O–H groups in total. The Morgan fingerprint density at radius 3 is 2.41 bits per heavy atom. The summed E-state index contributed by atoms with van der Waals surface area (Å²) in [5, 5.41) is 12.5. The number of nitriles is 1. The van der Waals surface area contributed by atoms with E-state index >= 15 is 0 Å². The maximum Gasteiger partial charge on any atom is 0.101 e. The number of hydrogen-bond donors (Lipinski definition) is 1. The van der Waals surface area contributed by atoms with Crippen molar-refractivity contribution in [3.05, 3.63) is 29.3 Å². The summed E-state index contributed by atoms with van der Waals surface area (Å²) in [6.07, 6.45) is 0. The van der Waals surface area contributed by atoms with Gasteiger partial charge in [0.15, 0.2) is 0 Å². The minimum atomic E-state index is 0.0903. The number of rotatable bonds is 3. The van der Waals surface area contributed by atoms with Crippen LogP contribution in [0.15, 0.2) is 18.2 Å². The van der Waals surface area contributed by atoms with Gasteiger partial charge in [0.2, 0.25) is 0 Å². The van der Waals surface area contributed by atoms with E-state index in [4.69, 9.17) is 5.26 Å². The van der Waals surface area contributed by atoms with Crippen molar-refractivity contribution in [2.24, 2.45) is 0 Å². The molecule has 17 heavy (non-hydrogen) atoms. The molecule has 0 aliphatic carbocycles. The molecular weight excluding hydrogens is 210 g/mol. The second-order valence-corrected chi connectivity index (χ2v) is 5.46. The Labute approximate surface area is 104 Å². The van der Waals surface area contributed by atoms with E-state index < -0.39 is 0 Å². The molecule has 0 aliphatic heterocycles. The summed E-state index contributed by atoms with van der Waals surface area (Å²) < 4.78 is 0. The average Bonchev–Trinajstić information content (AvgIpc) is 2.24. The largest absolute Gasteiger partial charge is 0.377 e. The van der Waals surface area contributed by atoms with Gasteiger partial charge in [0.25, 0.3) is 0 Å². The molecule has 0 atom stereocenters.